The maximum absolute atomic E-state index is 13.0. The quantitative estimate of drug-likeness (QED) is 0.351. The summed E-state index contributed by atoms with van der Waals surface area (Å²) in [7, 11) is 1.59. The maximum atomic E-state index is 13.0. The molecular weight excluding hydrogens is 478 g/mol. The van der Waals surface area contributed by atoms with E-state index in [2.05, 4.69) is 10.1 Å². The second-order valence-electron chi connectivity index (χ2n) is 8.13. The van der Waals surface area contributed by atoms with Crippen LogP contribution in [0.1, 0.15) is 23.1 Å². The van der Waals surface area contributed by atoms with Gasteiger partial charge in [0.15, 0.2) is 34.9 Å². The summed E-state index contributed by atoms with van der Waals surface area (Å²) in [5.74, 6) is 2.95. The summed E-state index contributed by atoms with van der Waals surface area (Å²) in [5, 5.41) is 4.41. The van der Waals surface area contributed by atoms with Crippen LogP contribution in [-0.4, -0.2) is 28.3 Å². The number of rotatable bonds is 6. The Bertz CT molecular complexity index is 1650. The molecule has 0 radical (unpaired) electrons. The number of ether oxygens (including phenoxy) is 4. The molecule has 9 heteroatoms. The van der Waals surface area contributed by atoms with Crippen LogP contribution < -0.4 is 29.0 Å². The highest BCUT2D eigenvalue weighted by Crippen LogP contribution is 2.35. The Kier molecular flexibility index (Phi) is 5.74. The molecule has 1 atom stereocenters. The summed E-state index contributed by atoms with van der Waals surface area (Å²) in [6, 6.07) is 22.9. The highest BCUT2D eigenvalue weighted by molar-refractivity contribution is 7.15. The topological polar surface area (TPSA) is 84.2 Å². The van der Waals surface area contributed by atoms with Gasteiger partial charge in [-0.1, -0.05) is 59.9 Å². The van der Waals surface area contributed by atoms with Crippen molar-refractivity contribution in [1.29, 1.82) is 0 Å². The van der Waals surface area contributed by atoms with Crippen molar-refractivity contribution in [2.24, 2.45) is 0 Å². The van der Waals surface area contributed by atoms with Gasteiger partial charge in [-0.15, -0.1) is 5.10 Å². The van der Waals surface area contributed by atoms with Crippen molar-refractivity contribution in [3.63, 3.8) is 0 Å². The van der Waals surface area contributed by atoms with E-state index in [1.54, 1.807) is 13.2 Å². The first-order valence-corrected chi connectivity index (χ1v) is 12.1. The molecule has 0 unspecified atom stereocenters. The van der Waals surface area contributed by atoms with E-state index in [4.69, 9.17) is 18.9 Å². The third-order valence-corrected chi connectivity index (χ3v) is 6.68. The molecule has 0 bridgehead atoms. The Morgan fingerprint density at radius 2 is 1.86 bits per heavy atom. The van der Waals surface area contributed by atoms with Crippen LogP contribution in [0.2, 0.25) is 0 Å². The van der Waals surface area contributed by atoms with Crippen molar-refractivity contribution in [1.82, 2.24) is 14.6 Å². The molecule has 3 aromatic carbocycles. The van der Waals surface area contributed by atoms with Crippen LogP contribution >= 0.6 is 11.3 Å². The lowest BCUT2D eigenvalue weighted by molar-refractivity contribution is 0.0852. The molecule has 8 nitrogen and oxygen atoms in total. The molecule has 0 fully saturated rings. The van der Waals surface area contributed by atoms with Crippen molar-refractivity contribution >= 4 is 22.4 Å². The predicted molar refractivity (Wildman–Crippen MR) is 135 cm³/mol. The van der Waals surface area contributed by atoms with Crippen LogP contribution in [0.5, 0.6) is 23.0 Å². The molecule has 0 saturated carbocycles. The molecule has 0 aliphatic carbocycles. The molecule has 5 aromatic rings. The fourth-order valence-corrected chi connectivity index (χ4v) is 4.83. The highest BCUT2D eigenvalue weighted by atomic mass is 32.1. The number of benzene rings is 3. The number of aromatic nitrogens is 3. The lowest BCUT2D eigenvalue weighted by atomic mass is 10.2. The van der Waals surface area contributed by atoms with Crippen molar-refractivity contribution in [3.8, 4) is 23.0 Å². The SMILES string of the molecule is COc1cc(/C=c2/sc3nc([C@H]4COc5ccccc5O4)nn3c2=O)ccc1OCc1ccccc1. The number of fused-ring (bicyclic) bond motifs is 2. The maximum Gasteiger partial charge on any atom is 0.291 e. The monoisotopic (exact) mass is 499 g/mol. The van der Waals surface area contributed by atoms with E-state index in [1.807, 2.05) is 72.8 Å². The first-order chi connectivity index (χ1) is 17.7. The molecular formula is C27H21N3O5S. The largest absolute Gasteiger partial charge is 0.493 e. The summed E-state index contributed by atoms with van der Waals surface area (Å²) in [5.41, 5.74) is 1.63. The Labute approximate surface area is 210 Å². The second kappa shape index (κ2) is 9.35. The molecule has 3 heterocycles. The van der Waals surface area contributed by atoms with Crippen LogP contribution in [-0.2, 0) is 6.61 Å². The van der Waals surface area contributed by atoms with Gasteiger partial charge in [0.25, 0.3) is 5.56 Å². The minimum absolute atomic E-state index is 0.241. The average molecular weight is 500 g/mol. The Balaban J connectivity index is 1.24. The van der Waals surface area contributed by atoms with Crippen LogP contribution in [0.15, 0.2) is 77.6 Å². The summed E-state index contributed by atoms with van der Waals surface area (Å²) in [4.78, 5) is 18.1. The van der Waals surface area contributed by atoms with Gasteiger partial charge < -0.3 is 18.9 Å². The summed E-state index contributed by atoms with van der Waals surface area (Å²) in [6.45, 7) is 0.711. The molecule has 1 aliphatic heterocycles. The van der Waals surface area contributed by atoms with E-state index < -0.39 is 6.10 Å². The summed E-state index contributed by atoms with van der Waals surface area (Å²) in [6.07, 6.45) is 1.31. The van der Waals surface area contributed by atoms with Gasteiger partial charge in [-0.3, -0.25) is 4.79 Å². The first-order valence-electron chi connectivity index (χ1n) is 11.3. The van der Waals surface area contributed by atoms with E-state index in [1.165, 1.54) is 15.9 Å². The van der Waals surface area contributed by atoms with E-state index in [9.17, 15) is 4.79 Å². The van der Waals surface area contributed by atoms with Crippen molar-refractivity contribution in [2.75, 3.05) is 13.7 Å². The fourth-order valence-electron chi connectivity index (χ4n) is 3.91. The third kappa shape index (κ3) is 4.25. The van der Waals surface area contributed by atoms with Crippen molar-refractivity contribution in [3.05, 3.63) is 105 Å². The van der Waals surface area contributed by atoms with Crippen LogP contribution in [0, 0.1) is 0 Å². The van der Waals surface area contributed by atoms with Crippen LogP contribution in [0.3, 0.4) is 0 Å². The lowest BCUT2D eigenvalue weighted by Crippen LogP contribution is -2.26. The summed E-state index contributed by atoms with van der Waals surface area (Å²) >= 11 is 1.27. The molecule has 0 spiro atoms. The van der Waals surface area contributed by atoms with Gasteiger partial charge in [-0.25, -0.2) is 0 Å². The van der Waals surface area contributed by atoms with Gasteiger partial charge in [-0.2, -0.15) is 9.50 Å². The Morgan fingerprint density at radius 3 is 2.67 bits per heavy atom. The van der Waals surface area contributed by atoms with E-state index >= 15 is 0 Å². The highest BCUT2D eigenvalue weighted by Gasteiger charge is 2.27. The number of hydrogen-bond acceptors (Lipinski definition) is 8. The van der Waals surface area contributed by atoms with Crippen molar-refractivity contribution < 1.29 is 18.9 Å². The third-order valence-electron chi connectivity index (χ3n) is 5.72. The Morgan fingerprint density at radius 1 is 1.06 bits per heavy atom. The zero-order chi connectivity index (χ0) is 24.5. The van der Waals surface area contributed by atoms with E-state index in [0.29, 0.717) is 44.9 Å². The summed E-state index contributed by atoms with van der Waals surface area (Å²) < 4.78 is 25.0. The standard InChI is InChI=1S/C27H21N3O5S/c1-32-22-13-18(11-12-20(22)33-15-17-7-3-2-4-8-17)14-24-26(31)30-27(36-24)28-25(29-30)23-16-34-19-9-5-6-10-21(19)35-23/h2-14,23H,15-16H2,1H3/b24-14+/t23-/m1/s1. The van der Waals surface area contributed by atoms with E-state index in [0.717, 1.165) is 11.1 Å². The molecule has 0 N–H and O–H groups in total. The lowest BCUT2D eigenvalue weighted by Gasteiger charge is -2.24. The number of thiazole rings is 1. The number of hydrogen-bond donors (Lipinski definition) is 0. The van der Waals surface area contributed by atoms with Gasteiger partial charge in [0, 0.05) is 0 Å². The molecule has 1 aliphatic rings. The number of methoxy groups -OCH3 is 1. The first kappa shape index (κ1) is 22.1. The van der Waals surface area contributed by atoms with Gasteiger partial charge in [0.05, 0.1) is 11.6 Å². The van der Waals surface area contributed by atoms with Gasteiger partial charge >= 0.3 is 0 Å². The van der Waals surface area contributed by atoms with Gasteiger partial charge in [0.1, 0.15) is 13.2 Å². The van der Waals surface area contributed by atoms with Gasteiger partial charge in [-0.05, 0) is 41.5 Å². The minimum Gasteiger partial charge on any atom is -0.493 e. The molecule has 6 rings (SSSR count). The normalized spacial score (nSPS) is 15.2. The van der Waals surface area contributed by atoms with E-state index in [-0.39, 0.29) is 12.2 Å². The van der Waals surface area contributed by atoms with Crippen LogP contribution in [0.25, 0.3) is 11.0 Å². The molecule has 0 saturated heterocycles. The zero-order valence-electron chi connectivity index (χ0n) is 19.3. The zero-order valence-corrected chi connectivity index (χ0v) is 20.1. The molecule has 180 valence electrons. The minimum atomic E-state index is -0.480. The Hall–Kier alpha value is -4.37. The van der Waals surface area contributed by atoms with Crippen LogP contribution in [0.4, 0.5) is 0 Å². The van der Waals surface area contributed by atoms with Gasteiger partial charge in [0.2, 0.25) is 4.96 Å². The molecule has 36 heavy (non-hydrogen) atoms. The number of para-hydroxylation sites is 2. The average Bonchev–Trinajstić information content (AvgIpc) is 3.47. The smallest absolute Gasteiger partial charge is 0.291 e. The number of nitrogens with zero attached hydrogens (tertiary/aromatic N) is 3. The molecule has 0 amide bonds. The predicted octanol–water partition coefficient (Wildman–Crippen LogP) is 3.80. The second-order valence-corrected chi connectivity index (χ2v) is 9.14. The fraction of sp³-hybridized carbons (Fsp3) is 0.148. The van der Waals surface area contributed by atoms with Crippen molar-refractivity contribution in [2.45, 2.75) is 12.7 Å². The molecule has 2 aromatic heterocycles.